The van der Waals surface area contributed by atoms with Gasteiger partial charge in [-0.05, 0) is 109 Å². The number of hydrogen-bond donors (Lipinski definition) is 0. The van der Waals surface area contributed by atoms with E-state index in [2.05, 4.69) is 86.1 Å². The lowest BCUT2D eigenvalue weighted by atomic mass is 9.55. The molecule has 1 aliphatic heterocycles. The van der Waals surface area contributed by atoms with E-state index in [4.69, 9.17) is 0 Å². The topological polar surface area (TPSA) is 117 Å². The molecule has 0 bridgehead atoms. The van der Waals surface area contributed by atoms with Crippen LogP contribution in [0.2, 0.25) is 0 Å². The highest BCUT2D eigenvalue weighted by Gasteiger charge is 2.62. The fourth-order valence-electron chi connectivity index (χ4n) is 9.97. The summed E-state index contributed by atoms with van der Waals surface area (Å²) in [7, 11) is 0. The van der Waals surface area contributed by atoms with Crippen LogP contribution in [0.1, 0.15) is 140 Å². The normalized spacial score (nSPS) is 38.0. The van der Waals surface area contributed by atoms with Crippen LogP contribution in [0.4, 0.5) is 4.79 Å². The molecule has 4 amide bonds. The summed E-state index contributed by atoms with van der Waals surface area (Å²) in [5.41, 5.74) is -1.90. The van der Waals surface area contributed by atoms with Crippen molar-refractivity contribution in [1.82, 2.24) is 9.80 Å². The average molecular weight is 667 g/mol. The van der Waals surface area contributed by atoms with Gasteiger partial charge in [0.2, 0.25) is 24.0 Å². The SMILES string of the molecule is CC(C)CC1(C)CCC(C)(C)C(N2C(=O)C(C3CC(C)(CN=C=O)CCC3(C)C)C(=O)N(C3CC(C)(CN=C=O)CCC3(C)C)C2=O)C1. The highest BCUT2D eigenvalue weighted by Crippen LogP contribution is 2.56. The Bertz CT molecular complexity index is 1300. The number of carbonyl (C=O) groups excluding carboxylic acids is 5. The molecule has 9 nitrogen and oxygen atoms in total. The number of nitrogens with zero attached hydrogens (tertiary/aromatic N) is 4. The van der Waals surface area contributed by atoms with Gasteiger partial charge in [0.05, 0.1) is 13.1 Å². The Morgan fingerprint density at radius 3 is 1.46 bits per heavy atom. The number of isocyanates is 2. The molecule has 3 saturated carbocycles. The third kappa shape index (κ3) is 7.43. The molecule has 7 unspecified atom stereocenters. The first-order valence-electron chi connectivity index (χ1n) is 18.3. The molecule has 4 aliphatic rings. The van der Waals surface area contributed by atoms with Crippen molar-refractivity contribution in [3.63, 3.8) is 0 Å². The second-order valence-electron chi connectivity index (χ2n) is 19.7. The van der Waals surface area contributed by atoms with E-state index in [1.807, 2.05) is 0 Å². The predicted octanol–water partition coefficient (Wildman–Crippen LogP) is 8.11. The zero-order valence-electron chi connectivity index (χ0n) is 31.7. The van der Waals surface area contributed by atoms with Crippen LogP contribution in [0.5, 0.6) is 0 Å². The van der Waals surface area contributed by atoms with Crippen LogP contribution in [0.3, 0.4) is 0 Å². The summed E-state index contributed by atoms with van der Waals surface area (Å²) in [6.45, 7) is 24.3. The van der Waals surface area contributed by atoms with E-state index in [1.165, 1.54) is 4.90 Å². The molecular weight excluding hydrogens is 604 g/mol. The van der Waals surface area contributed by atoms with E-state index in [-0.39, 0.29) is 46.1 Å². The number of rotatable bonds is 9. The molecule has 0 aromatic heterocycles. The summed E-state index contributed by atoms with van der Waals surface area (Å²) >= 11 is 0. The summed E-state index contributed by atoms with van der Waals surface area (Å²) in [5.74, 6) is -1.66. The van der Waals surface area contributed by atoms with Crippen LogP contribution in [-0.2, 0) is 19.2 Å². The van der Waals surface area contributed by atoms with Gasteiger partial charge >= 0.3 is 6.03 Å². The molecule has 9 heteroatoms. The highest BCUT2D eigenvalue weighted by atomic mass is 16.2. The summed E-state index contributed by atoms with van der Waals surface area (Å²) < 4.78 is 0. The van der Waals surface area contributed by atoms with Gasteiger partial charge in [-0.3, -0.25) is 19.4 Å². The van der Waals surface area contributed by atoms with E-state index >= 15 is 14.4 Å². The quantitative estimate of drug-likeness (QED) is 0.140. The first-order chi connectivity index (χ1) is 22.0. The number of urea groups is 1. The smallest absolute Gasteiger partial charge is 0.273 e. The Labute approximate surface area is 289 Å². The summed E-state index contributed by atoms with van der Waals surface area (Å²) in [6, 6.07) is -1.32. The van der Waals surface area contributed by atoms with Gasteiger partial charge in [0.25, 0.3) is 0 Å². The molecule has 3 aliphatic carbocycles. The van der Waals surface area contributed by atoms with Crippen LogP contribution >= 0.6 is 0 Å². The summed E-state index contributed by atoms with van der Waals surface area (Å²) in [4.78, 5) is 78.6. The first kappa shape index (κ1) is 38.2. The fourth-order valence-corrected chi connectivity index (χ4v) is 9.97. The van der Waals surface area contributed by atoms with Gasteiger partial charge in [0.1, 0.15) is 5.92 Å². The fraction of sp³-hybridized carbons (Fsp3) is 0.872. The van der Waals surface area contributed by atoms with E-state index < -0.39 is 34.7 Å². The van der Waals surface area contributed by atoms with Gasteiger partial charge < -0.3 is 0 Å². The van der Waals surface area contributed by atoms with Crippen molar-refractivity contribution in [2.24, 2.45) is 60.2 Å². The standard InChI is InChI=1S/C39H62N4O5/c1-26(2)18-37(9)15-13-35(5,6)28(20-37)42-31(46)30(27-19-38(10,22-40-24-44)16-12-34(27,3)4)32(47)43(33(42)48)29-21-39(11,23-41-25-45)17-14-36(29,7)8/h26-30H,12-23H2,1-11H3. The Balaban J connectivity index is 1.89. The van der Waals surface area contributed by atoms with E-state index in [0.29, 0.717) is 31.7 Å². The van der Waals surface area contributed by atoms with Crippen molar-refractivity contribution >= 4 is 30.0 Å². The van der Waals surface area contributed by atoms with Gasteiger partial charge in [-0.1, -0.05) is 76.2 Å². The number of hydrogen-bond acceptors (Lipinski definition) is 7. The van der Waals surface area contributed by atoms with Crippen molar-refractivity contribution < 1.29 is 24.0 Å². The lowest BCUT2D eigenvalue weighted by Crippen LogP contribution is -2.71. The lowest BCUT2D eigenvalue weighted by molar-refractivity contribution is -0.167. The van der Waals surface area contributed by atoms with E-state index in [1.54, 1.807) is 17.1 Å². The zero-order chi connectivity index (χ0) is 36.1. The highest BCUT2D eigenvalue weighted by molar-refractivity contribution is 6.16. The number of barbiturate groups is 1. The third-order valence-corrected chi connectivity index (χ3v) is 13.4. The maximum atomic E-state index is 15.2. The Kier molecular flexibility index (Phi) is 10.5. The Hall–Kier alpha value is -2.63. The van der Waals surface area contributed by atoms with Gasteiger partial charge in [0.15, 0.2) is 0 Å². The van der Waals surface area contributed by atoms with Crippen molar-refractivity contribution in [2.75, 3.05) is 13.1 Å². The van der Waals surface area contributed by atoms with Crippen LogP contribution in [-0.4, -0.2) is 65.0 Å². The first-order valence-corrected chi connectivity index (χ1v) is 18.3. The van der Waals surface area contributed by atoms with Crippen molar-refractivity contribution in [2.45, 2.75) is 152 Å². The van der Waals surface area contributed by atoms with Crippen molar-refractivity contribution in [3.05, 3.63) is 0 Å². The minimum Gasteiger partial charge on any atom is -0.273 e. The maximum absolute atomic E-state index is 15.2. The molecule has 0 aromatic carbocycles. The van der Waals surface area contributed by atoms with E-state index in [0.717, 1.165) is 44.9 Å². The van der Waals surface area contributed by atoms with Crippen LogP contribution in [0.15, 0.2) is 9.98 Å². The average Bonchev–Trinajstić information content (AvgIpc) is 2.97. The van der Waals surface area contributed by atoms with Gasteiger partial charge in [-0.2, -0.15) is 0 Å². The Morgan fingerprint density at radius 1 is 0.625 bits per heavy atom. The largest absolute Gasteiger partial charge is 0.333 e. The second-order valence-corrected chi connectivity index (χ2v) is 19.7. The molecule has 7 atom stereocenters. The van der Waals surface area contributed by atoms with Crippen LogP contribution in [0, 0.1) is 50.2 Å². The predicted molar refractivity (Wildman–Crippen MR) is 186 cm³/mol. The molecule has 268 valence electrons. The molecule has 0 aromatic rings. The van der Waals surface area contributed by atoms with Gasteiger partial charge in [-0.25, -0.2) is 24.4 Å². The number of aliphatic imine (C=N–C) groups is 2. The number of carbonyl (C=O) groups is 3. The summed E-state index contributed by atoms with van der Waals surface area (Å²) in [6.07, 6.45) is 11.1. The molecule has 0 spiro atoms. The van der Waals surface area contributed by atoms with Gasteiger partial charge in [-0.15, -0.1) is 0 Å². The minimum absolute atomic E-state index is 0.0400. The second kappa shape index (κ2) is 13.2. The minimum atomic E-state index is -1.02. The van der Waals surface area contributed by atoms with Crippen molar-refractivity contribution in [1.29, 1.82) is 0 Å². The third-order valence-electron chi connectivity index (χ3n) is 13.4. The molecule has 1 saturated heterocycles. The van der Waals surface area contributed by atoms with Crippen LogP contribution < -0.4 is 0 Å². The van der Waals surface area contributed by atoms with Gasteiger partial charge in [0, 0.05) is 12.1 Å². The molecule has 0 radical (unpaired) electrons. The molecule has 1 heterocycles. The molecule has 4 rings (SSSR count). The molecular formula is C39H62N4O5. The maximum Gasteiger partial charge on any atom is 0.333 e. The molecule has 0 N–H and O–H groups in total. The van der Waals surface area contributed by atoms with Crippen molar-refractivity contribution in [3.8, 4) is 0 Å². The number of amides is 4. The number of imide groups is 2. The zero-order valence-corrected chi connectivity index (χ0v) is 31.7. The van der Waals surface area contributed by atoms with E-state index in [9.17, 15) is 9.59 Å². The molecule has 4 fully saturated rings. The Morgan fingerprint density at radius 2 is 1.02 bits per heavy atom. The molecule has 48 heavy (non-hydrogen) atoms. The lowest BCUT2D eigenvalue weighted by Gasteiger charge is -2.58. The van der Waals surface area contributed by atoms with Crippen LogP contribution in [0.25, 0.3) is 0 Å². The monoisotopic (exact) mass is 666 g/mol. The summed E-state index contributed by atoms with van der Waals surface area (Å²) in [5, 5.41) is 0.